The monoisotopic (exact) mass is 533 g/mol. The third kappa shape index (κ3) is 5.46. The van der Waals surface area contributed by atoms with Gasteiger partial charge in [0.05, 0.1) is 17.2 Å². The minimum absolute atomic E-state index is 0.515. The van der Waals surface area contributed by atoms with Gasteiger partial charge in [-0.2, -0.15) is 0 Å². The molecule has 2 aromatic carbocycles. The van der Waals surface area contributed by atoms with Crippen LogP contribution in [-0.4, -0.2) is 48.0 Å². The van der Waals surface area contributed by atoms with E-state index in [0.29, 0.717) is 17.2 Å². The zero-order chi connectivity index (χ0) is 27.3. The molecule has 1 atom stereocenters. The van der Waals surface area contributed by atoms with Crippen LogP contribution in [0.2, 0.25) is 0 Å². The number of hydrogen-bond acceptors (Lipinski definition) is 3. The molecule has 2 aromatic rings. The summed E-state index contributed by atoms with van der Waals surface area (Å²) in [6, 6.07) is 14.2. The maximum absolute atomic E-state index is 14.3. The number of rotatable bonds is 11. The highest BCUT2D eigenvalue weighted by atomic mass is 31.2. The van der Waals surface area contributed by atoms with Gasteiger partial charge >= 0.3 is 0 Å². The molecule has 0 fully saturated rings. The summed E-state index contributed by atoms with van der Waals surface area (Å²) < 4.78 is 22.4. The van der Waals surface area contributed by atoms with Crippen molar-refractivity contribution in [3.8, 4) is 5.75 Å². The lowest BCUT2D eigenvalue weighted by molar-refractivity contribution is -0.519. The predicted octanol–water partition coefficient (Wildman–Crippen LogP) is 6.76. The fourth-order valence-corrected chi connectivity index (χ4v) is 7.28. The Bertz CT molecular complexity index is 1320. The van der Waals surface area contributed by atoms with Gasteiger partial charge in [-0.05, 0) is 86.7 Å². The fourth-order valence-electron chi connectivity index (χ4n) is 5.38. The van der Waals surface area contributed by atoms with E-state index in [1.807, 2.05) is 36.4 Å². The van der Waals surface area contributed by atoms with Gasteiger partial charge in [-0.15, -0.1) is 0 Å². The van der Waals surface area contributed by atoms with Crippen LogP contribution in [0.5, 0.6) is 5.75 Å². The first-order chi connectivity index (χ1) is 18.4. The van der Waals surface area contributed by atoms with Crippen molar-refractivity contribution in [1.29, 1.82) is 0 Å². The minimum atomic E-state index is -3.83. The molecule has 0 spiro atoms. The Hall–Kier alpha value is -2.88. The van der Waals surface area contributed by atoms with E-state index >= 15 is 0 Å². The van der Waals surface area contributed by atoms with E-state index in [4.69, 9.17) is 4.74 Å². The minimum Gasteiger partial charge on any atom is -0.494 e. The fraction of sp³-hybridized carbons (Fsp3) is 0.406. The van der Waals surface area contributed by atoms with Crippen LogP contribution in [0.15, 0.2) is 71.6 Å². The summed E-state index contributed by atoms with van der Waals surface area (Å²) in [6.45, 7) is 14.7. The predicted molar refractivity (Wildman–Crippen MR) is 161 cm³/mol. The molecule has 0 saturated heterocycles. The largest absolute Gasteiger partial charge is 0.494 e. The lowest BCUT2D eigenvalue weighted by Gasteiger charge is -2.31. The second-order valence-corrected chi connectivity index (χ2v) is 11.9. The van der Waals surface area contributed by atoms with E-state index in [1.54, 1.807) is 0 Å². The van der Waals surface area contributed by atoms with Crippen molar-refractivity contribution < 1.29 is 18.8 Å². The molecule has 0 radical (unpaired) electrons. The summed E-state index contributed by atoms with van der Waals surface area (Å²) in [5.74, 6) is 0.850. The Morgan fingerprint density at radius 2 is 1.63 bits per heavy atom. The van der Waals surface area contributed by atoms with Crippen LogP contribution in [0.3, 0.4) is 0 Å². The average Bonchev–Trinajstić information content (AvgIpc) is 2.94. The SMILES string of the molecule is CCCCCOc1ccc(C2=C3C=CC(=[N+](CC)CC)C=C3P(=O)(O)c3cc(N(CC)CC)ccc32)cc1. The molecule has 1 heterocycles. The molecule has 0 amide bonds. The number of benzene rings is 2. The van der Waals surface area contributed by atoms with Gasteiger partial charge < -0.3 is 14.5 Å². The van der Waals surface area contributed by atoms with Crippen LogP contribution in [0, 0.1) is 0 Å². The summed E-state index contributed by atoms with van der Waals surface area (Å²) >= 11 is 0. The highest BCUT2D eigenvalue weighted by molar-refractivity contribution is 7.71. The van der Waals surface area contributed by atoms with E-state index in [2.05, 4.69) is 68.4 Å². The van der Waals surface area contributed by atoms with Gasteiger partial charge in [0.1, 0.15) is 18.8 Å². The van der Waals surface area contributed by atoms with Crippen molar-refractivity contribution in [2.45, 2.75) is 53.9 Å². The summed E-state index contributed by atoms with van der Waals surface area (Å²) in [5.41, 5.74) is 5.60. The van der Waals surface area contributed by atoms with E-state index in [-0.39, 0.29) is 0 Å². The topological polar surface area (TPSA) is 52.8 Å². The van der Waals surface area contributed by atoms with Crippen molar-refractivity contribution in [1.82, 2.24) is 0 Å². The van der Waals surface area contributed by atoms with Gasteiger partial charge in [0.2, 0.25) is 5.71 Å². The number of nitrogens with zero attached hydrogens (tertiary/aromatic N) is 2. The summed E-state index contributed by atoms with van der Waals surface area (Å²) in [5, 5.41) is 1.03. The molecule has 1 N–H and O–H groups in total. The molecule has 202 valence electrons. The highest BCUT2D eigenvalue weighted by Crippen LogP contribution is 2.59. The number of hydrogen-bond donors (Lipinski definition) is 1. The number of unbranched alkanes of at least 4 members (excludes halogenated alkanes) is 2. The maximum Gasteiger partial charge on any atom is 0.260 e. The Labute approximate surface area is 228 Å². The second-order valence-electron chi connectivity index (χ2n) is 9.78. The summed E-state index contributed by atoms with van der Waals surface area (Å²) in [4.78, 5) is 13.9. The van der Waals surface area contributed by atoms with Crippen LogP contribution in [0.25, 0.3) is 5.57 Å². The smallest absolute Gasteiger partial charge is 0.260 e. The number of fused-ring (bicyclic) bond motifs is 2. The van der Waals surface area contributed by atoms with Crippen molar-refractivity contribution in [2.75, 3.05) is 37.7 Å². The van der Waals surface area contributed by atoms with Gasteiger partial charge in [0, 0.05) is 30.9 Å². The lowest BCUT2D eigenvalue weighted by atomic mass is 9.89. The number of anilines is 1. The Balaban J connectivity index is 1.88. The normalized spacial score (nSPS) is 18.2. The first kappa shape index (κ1) is 28.1. The van der Waals surface area contributed by atoms with Crippen molar-refractivity contribution in [3.63, 3.8) is 0 Å². The molecule has 1 aliphatic heterocycles. The Kier molecular flexibility index (Phi) is 9.12. The van der Waals surface area contributed by atoms with Crippen LogP contribution in [-0.2, 0) is 4.57 Å². The van der Waals surface area contributed by atoms with Crippen LogP contribution in [0.1, 0.15) is 65.0 Å². The van der Waals surface area contributed by atoms with E-state index in [9.17, 15) is 9.46 Å². The molecule has 38 heavy (non-hydrogen) atoms. The first-order valence-electron chi connectivity index (χ1n) is 14.1. The second kappa shape index (κ2) is 12.3. The molecular formula is C32H42N2O3P+. The van der Waals surface area contributed by atoms with Gasteiger partial charge in [-0.25, -0.2) is 4.58 Å². The third-order valence-corrected chi connectivity index (χ3v) is 9.62. The van der Waals surface area contributed by atoms with Crippen LogP contribution < -0.4 is 14.9 Å². The third-order valence-electron chi connectivity index (χ3n) is 7.57. The first-order valence-corrected chi connectivity index (χ1v) is 15.8. The van der Waals surface area contributed by atoms with Crippen molar-refractivity contribution in [2.24, 2.45) is 0 Å². The summed E-state index contributed by atoms with van der Waals surface area (Å²) in [6.07, 6.45) is 9.41. The lowest BCUT2D eigenvalue weighted by Crippen LogP contribution is -2.27. The van der Waals surface area contributed by atoms with E-state index in [1.165, 1.54) is 6.42 Å². The molecule has 0 bridgehead atoms. The van der Waals surface area contributed by atoms with Gasteiger partial charge in [-0.1, -0.05) is 38.0 Å². The van der Waals surface area contributed by atoms with Crippen molar-refractivity contribution >= 4 is 29.6 Å². The molecular weight excluding hydrogens is 491 g/mol. The standard InChI is InChI=1S/C32H41N2O3P/c1-6-11-12-21-37-27-17-13-24(14-18-27)32-28-19-15-25(33(7-2)8-3)22-30(28)38(35,36)31-23-26(16-20-29(31)32)34(9-4)10-5/h13-20,22-23H,6-12,21H2,1-5H3/p+1. The van der Waals surface area contributed by atoms with E-state index < -0.39 is 7.37 Å². The molecule has 5 nitrogen and oxygen atoms in total. The Morgan fingerprint density at radius 1 is 0.921 bits per heavy atom. The Morgan fingerprint density at radius 3 is 2.26 bits per heavy atom. The molecule has 6 heteroatoms. The molecule has 0 aromatic heterocycles. The molecule has 1 unspecified atom stereocenters. The van der Waals surface area contributed by atoms with E-state index in [0.717, 1.165) is 78.4 Å². The van der Waals surface area contributed by atoms with Crippen LogP contribution >= 0.6 is 7.37 Å². The zero-order valence-corrected chi connectivity index (χ0v) is 24.4. The molecule has 0 saturated carbocycles. The highest BCUT2D eigenvalue weighted by Gasteiger charge is 2.40. The van der Waals surface area contributed by atoms with Gasteiger partial charge in [0.25, 0.3) is 7.37 Å². The van der Waals surface area contributed by atoms with Gasteiger partial charge in [-0.3, -0.25) is 4.57 Å². The molecule has 1 aliphatic carbocycles. The quantitative estimate of drug-likeness (QED) is 0.197. The maximum atomic E-state index is 14.3. The molecule has 2 aliphatic rings. The number of ether oxygens (including phenoxy) is 1. The average molecular weight is 534 g/mol. The van der Waals surface area contributed by atoms with Gasteiger partial charge in [0.15, 0.2) is 0 Å². The van der Waals surface area contributed by atoms with Crippen molar-refractivity contribution in [3.05, 3.63) is 82.7 Å². The van der Waals surface area contributed by atoms with Crippen LogP contribution in [0.4, 0.5) is 5.69 Å². The summed E-state index contributed by atoms with van der Waals surface area (Å²) in [7, 11) is -3.83. The number of allylic oxidation sites excluding steroid dienone is 5. The molecule has 4 rings (SSSR count). The zero-order valence-electron chi connectivity index (χ0n) is 23.5.